The van der Waals surface area contributed by atoms with Gasteiger partial charge >= 0.3 is 0 Å². The van der Waals surface area contributed by atoms with E-state index in [1.807, 2.05) is 18.2 Å². The van der Waals surface area contributed by atoms with E-state index >= 15 is 0 Å². The second-order valence-corrected chi connectivity index (χ2v) is 4.78. The molecule has 5 heteroatoms. The number of hydrogen-bond acceptors (Lipinski definition) is 3. The Balaban J connectivity index is 1.77. The Labute approximate surface area is 121 Å². The van der Waals surface area contributed by atoms with Crippen molar-refractivity contribution in [3.63, 3.8) is 0 Å². The maximum Gasteiger partial charge on any atom is 0.166 e. The first-order valence-electron chi connectivity index (χ1n) is 6.80. The lowest BCUT2D eigenvalue weighted by Crippen LogP contribution is -2.04. The lowest BCUT2D eigenvalue weighted by atomic mass is 10.1. The Bertz CT molecular complexity index is 646. The SMILES string of the molecule is Fc1ccc(NCc2cccc3c2OCCCO3)cc1F. The summed E-state index contributed by atoms with van der Waals surface area (Å²) < 4.78 is 37.4. The van der Waals surface area contributed by atoms with Crippen molar-refractivity contribution in [2.45, 2.75) is 13.0 Å². The molecule has 2 aromatic carbocycles. The number of rotatable bonds is 3. The summed E-state index contributed by atoms with van der Waals surface area (Å²) in [6, 6.07) is 9.40. The zero-order chi connectivity index (χ0) is 14.7. The minimum absolute atomic E-state index is 0.442. The molecule has 0 spiro atoms. The third-order valence-electron chi connectivity index (χ3n) is 3.26. The summed E-state index contributed by atoms with van der Waals surface area (Å²) in [7, 11) is 0. The van der Waals surface area contributed by atoms with Crippen LogP contribution in [0.1, 0.15) is 12.0 Å². The molecule has 0 amide bonds. The molecule has 0 aliphatic carbocycles. The van der Waals surface area contributed by atoms with E-state index in [0.717, 1.165) is 29.9 Å². The summed E-state index contributed by atoms with van der Waals surface area (Å²) in [4.78, 5) is 0. The van der Waals surface area contributed by atoms with Crippen LogP contribution in [-0.2, 0) is 6.54 Å². The van der Waals surface area contributed by atoms with Crippen LogP contribution in [0, 0.1) is 11.6 Å². The van der Waals surface area contributed by atoms with Crippen LogP contribution >= 0.6 is 0 Å². The van der Waals surface area contributed by atoms with Crippen molar-refractivity contribution < 1.29 is 18.3 Å². The van der Waals surface area contributed by atoms with Gasteiger partial charge in [-0.05, 0) is 18.2 Å². The molecule has 0 aromatic heterocycles. The Morgan fingerprint density at radius 1 is 1.00 bits per heavy atom. The van der Waals surface area contributed by atoms with Crippen molar-refractivity contribution in [2.75, 3.05) is 18.5 Å². The normalized spacial score (nSPS) is 13.6. The molecule has 0 unspecified atom stereocenters. The fourth-order valence-electron chi connectivity index (χ4n) is 2.20. The number of benzene rings is 2. The fourth-order valence-corrected chi connectivity index (χ4v) is 2.20. The summed E-state index contributed by atoms with van der Waals surface area (Å²) in [6.45, 7) is 1.68. The van der Waals surface area contributed by atoms with Gasteiger partial charge in [0.05, 0.1) is 13.2 Å². The Morgan fingerprint density at radius 3 is 2.71 bits per heavy atom. The lowest BCUT2D eigenvalue weighted by Gasteiger charge is -2.13. The molecule has 0 bridgehead atoms. The van der Waals surface area contributed by atoms with Gasteiger partial charge in [-0.3, -0.25) is 0 Å². The van der Waals surface area contributed by atoms with E-state index in [4.69, 9.17) is 9.47 Å². The van der Waals surface area contributed by atoms with Gasteiger partial charge < -0.3 is 14.8 Å². The molecule has 110 valence electrons. The van der Waals surface area contributed by atoms with Crippen LogP contribution in [0.15, 0.2) is 36.4 Å². The second kappa shape index (κ2) is 5.99. The number of halogens is 2. The molecule has 1 aliphatic rings. The van der Waals surface area contributed by atoms with Crippen molar-refractivity contribution in [1.29, 1.82) is 0 Å². The van der Waals surface area contributed by atoms with E-state index in [9.17, 15) is 8.78 Å². The zero-order valence-corrected chi connectivity index (χ0v) is 11.4. The van der Waals surface area contributed by atoms with Gasteiger partial charge in [0.15, 0.2) is 23.1 Å². The summed E-state index contributed by atoms with van der Waals surface area (Å²) in [5.41, 5.74) is 1.43. The quantitative estimate of drug-likeness (QED) is 0.934. The number of para-hydroxylation sites is 1. The summed E-state index contributed by atoms with van der Waals surface area (Å²) in [6.07, 6.45) is 0.838. The largest absolute Gasteiger partial charge is 0.490 e. The van der Waals surface area contributed by atoms with Gasteiger partial charge in [0.2, 0.25) is 0 Å². The van der Waals surface area contributed by atoms with Crippen molar-refractivity contribution in [2.24, 2.45) is 0 Å². The van der Waals surface area contributed by atoms with Crippen LogP contribution in [0.4, 0.5) is 14.5 Å². The second-order valence-electron chi connectivity index (χ2n) is 4.78. The zero-order valence-electron chi connectivity index (χ0n) is 11.4. The molecule has 0 saturated heterocycles. The molecule has 0 saturated carbocycles. The van der Waals surface area contributed by atoms with E-state index in [1.54, 1.807) is 0 Å². The first-order chi connectivity index (χ1) is 10.2. The van der Waals surface area contributed by atoms with Crippen molar-refractivity contribution in [3.8, 4) is 11.5 Å². The van der Waals surface area contributed by atoms with Crippen LogP contribution in [-0.4, -0.2) is 13.2 Å². The van der Waals surface area contributed by atoms with E-state index < -0.39 is 11.6 Å². The van der Waals surface area contributed by atoms with Gasteiger partial charge in [-0.25, -0.2) is 8.78 Å². The molecule has 1 N–H and O–H groups in total. The average molecular weight is 291 g/mol. The van der Waals surface area contributed by atoms with Crippen LogP contribution in [0.3, 0.4) is 0 Å². The third-order valence-corrected chi connectivity index (χ3v) is 3.26. The van der Waals surface area contributed by atoms with E-state index in [0.29, 0.717) is 31.2 Å². The highest BCUT2D eigenvalue weighted by molar-refractivity contribution is 5.50. The molecule has 1 heterocycles. The van der Waals surface area contributed by atoms with Crippen molar-refractivity contribution in [1.82, 2.24) is 0 Å². The van der Waals surface area contributed by atoms with Gasteiger partial charge in [-0.15, -0.1) is 0 Å². The Kier molecular flexibility index (Phi) is 3.90. The van der Waals surface area contributed by atoms with Crippen molar-refractivity contribution in [3.05, 3.63) is 53.6 Å². The maximum atomic E-state index is 13.2. The van der Waals surface area contributed by atoms with Gasteiger partial charge in [-0.2, -0.15) is 0 Å². The summed E-state index contributed by atoms with van der Waals surface area (Å²) in [5, 5.41) is 3.06. The molecular weight excluding hydrogens is 276 g/mol. The van der Waals surface area contributed by atoms with E-state index in [2.05, 4.69) is 5.32 Å². The van der Waals surface area contributed by atoms with E-state index in [1.165, 1.54) is 6.07 Å². The number of hydrogen-bond donors (Lipinski definition) is 1. The number of anilines is 1. The highest BCUT2D eigenvalue weighted by Gasteiger charge is 2.14. The van der Waals surface area contributed by atoms with Gasteiger partial charge in [-0.1, -0.05) is 12.1 Å². The average Bonchev–Trinajstić information content (AvgIpc) is 2.74. The standard InChI is InChI=1S/C16H15F2NO2/c17-13-6-5-12(9-14(13)18)19-10-11-3-1-4-15-16(11)21-8-2-7-20-15/h1,3-6,9,19H,2,7-8,10H2. The highest BCUT2D eigenvalue weighted by Crippen LogP contribution is 2.33. The third kappa shape index (κ3) is 3.07. The van der Waals surface area contributed by atoms with Gasteiger partial charge in [0.25, 0.3) is 0 Å². The molecule has 0 radical (unpaired) electrons. The van der Waals surface area contributed by atoms with Crippen molar-refractivity contribution >= 4 is 5.69 Å². The fraction of sp³-hybridized carbons (Fsp3) is 0.250. The maximum absolute atomic E-state index is 13.2. The van der Waals surface area contributed by atoms with Crippen LogP contribution in [0.2, 0.25) is 0 Å². The smallest absolute Gasteiger partial charge is 0.166 e. The molecule has 0 fully saturated rings. The molecule has 3 rings (SSSR count). The lowest BCUT2D eigenvalue weighted by molar-refractivity contribution is 0.296. The van der Waals surface area contributed by atoms with Crippen LogP contribution in [0.5, 0.6) is 11.5 Å². The number of ether oxygens (including phenoxy) is 2. The van der Waals surface area contributed by atoms with Crippen LogP contribution < -0.4 is 14.8 Å². The molecular formula is C16H15F2NO2. The summed E-state index contributed by atoms with van der Waals surface area (Å²) in [5.74, 6) is -0.292. The first-order valence-corrected chi connectivity index (χ1v) is 6.80. The minimum atomic E-state index is -0.869. The number of nitrogens with one attached hydrogen (secondary N) is 1. The van der Waals surface area contributed by atoms with Gasteiger partial charge in [0, 0.05) is 30.3 Å². The molecule has 2 aromatic rings. The molecule has 0 atom stereocenters. The van der Waals surface area contributed by atoms with Crippen LogP contribution in [0.25, 0.3) is 0 Å². The minimum Gasteiger partial charge on any atom is -0.490 e. The first kappa shape index (κ1) is 13.7. The number of fused-ring (bicyclic) bond motifs is 1. The monoisotopic (exact) mass is 291 g/mol. The Hall–Kier alpha value is -2.30. The Morgan fingerprint density at radius 2 is 1.86 bits per heavy atom. The highest BCUT2D eigenvalue weighted by atomic mass is 19.2. The summed E-state index contributed by atoms with van der Waals surface area (Å²) >= 11 is 0. The van der Waals surface area contributed by atoms with E-state index in [-0.39, 0.29) is 0 Å². The predicted octanol–water partition coefficient (Wildman–Crippen LogP) is 3.74. The molecule has 1 aliphatic heterocycles. The predicted molar refractivity (Wildman–Crippen MR) is 75.7 cm³/mol. The molecule has 21 heavy (non-hydrogen) atoms. The van der Waals surface area contributed by atoms with Gasteiger partial charge in [0.1, 0.15) is 0 Å². The topological polar surface area (TPSA) is 30.5 Å². The molecule has 3 nitrogen and oxygen atoms in total.